The summed E-state index contributed by atoms with van der Waals surface area (Å²) in [6.07, 6.45) is 2.53. The van der Waals surface area contributed by atoms with Crippen LogP contribution in [0, 0.1) is 11.8 Å². The fourth-order valence-corrected chi connectivity index (χ4v) is 5.78. The van der Waals surface area contributed by atoms with Gasteiger partial charge in [0.2, 0.25) is 17.3 Å². The summed E-state index contributed by atoms with van der Waals surface area (Å²) >= 11 is 0. The zero-order valence-electron chi connectivity index (χ0n) is 21.8. The summed E-state index contributed by atoms with van der Waals surface area (Å²) in [5.41, 5.74) is -1.06. The maximum atomic E-state index is 13.1. The van der Waals surface area contributed by atoms with Gasteiger partial charge in [0, 0.05) is 12.5 Å². The Morgan fingerprint density at radius 1 is 1.08 bits per heavy atom. The van der Waals surface area contributed by atoms with Gasteiger partial charge in [0.1, 0.15) is 12.1 Å². The number of aliphatic hydroxyl groups is 1. The molecule has 0 aromatic heterocycles. The van der Waals surface area contributed by atoms with Gasteiger partial charge in [-0.25, -0.2) is 4.79 Å². The Bertz CT molecular complexity index is 1060. The number of benzene rings is 1. The van der Waals surface area contributed by atoms with Gasteiger partial charge in [0.05, 0.1) is 6.04 Å². The Balaban J connectivity index is 1.60. The summed E-state index contributed by atoms with van der Waals surface area (Å²) in [5.74, 6) is -1.31. The summed E-state index contributed by atoms with van der Waals surface area (Å²) in [4.78, 5) is 37.8. The van der Waals surface area contributed by atoms with Gasteiger partial charge >= 0.3 is 6.09 Å². The highest BCUT2D eigenvalue weighted by molar-refractivity contribution is 7.86. The monoisotopic (exact) mass is 553 g/mol. The number of alkyl carbamates (subject to hydrolysis) is 1. The first-order valence-electron chi connectivity index (χ1n) is 13.2. The van der Waals surface area contributed by atoms with Crippen LogP contribution in [-0.4, -0.2) is 66.2 Å². The van der Waals surface area contributed by atoms with Gasteiger partial charge in [-0.1, -0.05) is 44.2 Å². The second-order valence-electron chi connectivity index (χ2n) is 10.6. The largest absolute Gasteiger partial charge is 0.446 e. The number of hydrogen-bond acceptors (Lipinski definition) is 7. The molecule has 3 amide bonds. The molecule has 1 heterocycles. The average molecular weight is 554 g/mol. The zero-order valence-corrected chi connectivity index (χ0v) is 22.7. The van der Waals surface area contributed by atoms with E-state index in [4.69, 9.17) is 4.74 Å². The highest BCUT2D eigenvalue weighted by atomic mass is 32.2. The Labute approximate surface area is 223 Å². The average Bonchev–Trinajstić information content (AvgIpc) is 3.27. The van der Waals surface area contributed by atoms with E-state index >= 15 is 0 Å². The van der Waals surface area contributed by atoms with Crippen LogP contribution in [0.1, 0.15) is 70.3 Å². The molecule has 1 aliphatic heterocycles. The maximum Gasteiger partial charge on any atom is 0.408 e. The van der Waals surface area contributed by atoms with Gasteiger partial charge in [0.25, 0.3) is 10.1 Å². The van der Waals surface area contributed by atoms with E-state index in [0.717, 1.165) is 12.8 Å². The number of carbonyl (C=O) groups is 3. The third kappa shape index (κ3) is 8.67. The number of rotatable bonds is 11. The first-order valence-corrected chi connectivity index (χ1v) is 14.7. The number of amides is 3. The molecule has 212 valence electrons. The minimum Gasteiger partial charge on any atom is -0.446 e. The summed E-state index contributed by atoms with van der Waals surface area (Å²) in [5, 5.41) is 17.8. The smallest absolute Gasteiger partial charge is 0.408 e. The van der Waals surface area contributed by atoms with Crippen LogP contribution in [-0.2, 0) is 24.4 Å². The molecule has 38 heavy (non-hydrogen) atoms. The van der Waals surface area contributed by atoms with Crippen LogP contribution in [0.2, 0.25) is 0 Å². The summed E-state index contributed by atoms with van der Waals surface area (Å²) < 4.78 is 38.3. The molecule has 2 aliphatic rings. The van der Waals surface area contributed by atoms with Gasteiger partial charge in [0.15, 0.2) is 0 Å². The van der Waals surface area contributed by atoms with E-state index < -0.39 is 45.6 Å². The molecule has 1 aromatic rings. The second kappa shape index (κ2) is 13.4. The molecule has 0 radical (unpaired) electrons. The third-order valence-corrected chi connectivity index (χ3v) is 8.15. The van der Waals surface area contributed by atoms with Gasteiger partial charge in [-0.15, -0.1) is 0 Å². The lowest BCUT2D eigenvalue weighted by atomic mass is 9.83. The summed E-state index contributed by atoms with van der Waals surface area (Å²) in [7, 11) is -4.93. The molecule has 1 saturated heterocycles. The standard InChI is InChI=1S/C26H39N3O8S/c1-16(2)14-21(24(31)28-22(25(32)38(34,35)36)15-19-12-13-27-23(19)30)29-26(33)37-20-10-8-18(9-11-20)17-6-4-3-5-7-17/h3-7,16,18-22,25,32H,8-15H2,1-2H3,(H,27,30)(H,28,31)(H,29,33)(H,34,35,36)/t18?,19-,20?,21-,22-,25?/m0/s1. The number of aliphatic hydroxyl groups excluding tert-OH is 1. The second-order valence-corrected chi connectivity index (χ2v) is 12.2. The normalized spacial score (nSPS) is 24.2. The molecular formula is C26H39N3O8S. The van der Waals surface area contributed by atoms with E-state index in [-0.39, 0.29) is 30.8 Å². The highest BCUT2D eigenvalue weighted by Gasteiger charge is 2.38. The SMILES string of the molecule is CC(C)C[C@H](NC(=O)OC1CCC(c2ccccc2)CC1)C(=O)N[C@@H](C[C@@H]1CCNC1=O)C(O)S(=O)(=O)O. The number of ether oxygens (including phenoxy) is 1. The molecule has 11 nitrogen and oxygen atoms in total. The Hall–Kier alpha value is -2.70. The van der Waals surface area contributed by atoms with Gasteiger partial charge in [-0.3, -0.25) is 14.1 Å². The van der Waals surface area contributed by atoms with Crippen molar-refractivity contribution in [1.82, 2.24) is 16.0 Å². The van der Waals surface area contributed by atoms with E-state index in [1.165, 1.54) is 5.56 Å². The number of hydrogen-bond donors (Lipinski definition) is 5. The van der Waals surface area contributed by atoms with E-state index in [2.05, 4.69) is 28.1 Å². The van der Waals surface area contributed by atoms with Gasteiger partial charge < -0.3 is 25.8 Å². The third-order valence-electron chi connectivity index (χ3n) is 7.21. The van der Waals surface area contributed by atoms with Crippen LogP contribution in [0.4, 0.5) is 4.79 Å². The topological polar surface area (TPSA) is 171 Å². The molecule has 0 spiro atoms. The molecule has 5 N–H and O–H groups in total. The fraction of sp³-hybridized carbons (Fsp3) is 0.654. The minimum atomic E-state index is -4.93. The van der Waals surface area contributed by atoms with Crippen LogP contribution in [0.15, 0.2) is 30.3 Å². The Kier molecular flexibility index (Phi) is 10.5. The quantitative estimate of drug-likeness (QED) is 0.259. The maximum absolute atomic E-state index is 13.1. The lowest BCUT2D eigenvalue weighted by molar-refractivity contribution is -0.126. The Morgan fingerprint density at radius 3 is 2.29 bits per heavy atom. The summed E-state index contributed by atoms with van der Waals surface area (Å²) in [6.45, 7) is 4.10. The minimum absolute atomic E-state index is 0.0158. The first-order chi connectivity index (χ1) is 17.9. The zero-order chi connectivity index (χ0) is 27.9. The molecule has 3 rings (SSSR count). The number of nitrogens with one attached hydrogen (secondary N) is 3. The lowest BCUT2D eigenvalue weighted by Crippen LogP contribution is -2.55. The van der Waals surface area contributed by atoms with Crippen LogP contribution < -0.4 is 16.0 Å². The Morgan fingerprint density at radius 2 is 1.74 bits per heavy atom. The molecule has 12 heteroatoms. The van der Waals surface area contributed by atoms with Crippen LogP contribution in [0.3, 0.4) is 0 Å². The van der Waals surface area contributed by atoms with Crippen molar-refractivity contribution in [1.29, 1.82) is 0 Å². The van der Waals surface area contributed by atoms with Crippen molar-refractivity contribution in [2.75, 3.05) is 6.54 Å². The summed E-state index contributed by atoms with van der Waals surface area (Å²) in [6, 6.07) is 7.66. The molecule has 4 atom stereocenters. The predicted molar refractivity (Wildman–Crippen MR) is 140 cm³/mol. The molecule has 1 saturated carbocycles. The van der Waals surface area contributed by atoms with Crippen molar-refractivity contribution in [3.63, 3.8) is 0 Å². The van der Waals surface area contributed by atoms with Crippen molar-refractivity contribution >= 4 is 28.0 Å². The van der Waals surface area contributed by atoms with Crippen molar-refractivity contribution in [2.24, 2.45) is 11.8 Å². The van der Waals surface area contributed by atoms with Crippen molar-refractivity contribution < 1.29 is 37.2 Å². The fourth-order valence-electron chi connectivity index (χ4n) is 5.18. The lowest BCUT2D eigenvalue weighted by Gasteiger charge is -2.30. The van der Waals surface area contributed by atoms with E-state index in [9.17, 15) is 32.5 Å². The van der Waals surface area contributed by atoms with E-state index in [1.54, 1.807) is 0 Å². The predicted octanol–water partition coefficient (Wildman–Crippen LogP) is 2.07. The first kappa shape index (κ1) is 29.9. The van der Waals surface area contributed by atoms with Crippen molar-refractivity contribution in [3.05, 3.63) is 35.9 Å². The highest BCUT2D eigenvalue weighted by Crippen LogP contribution is 2.34. The van der Waals surface area contributed by atoms with Gasteiger partial charge in [-0.05, 0) is 62.3 Å². The molecular weight excluding hydrogens is 514 g/mol. The molecule has 2 fully saturated rings. The van der Waals surface area contributed by atoms with E-state index in [0.29, 0.717) is 31.7 Å². The van der Waals surface area contributed by atoms with Crippen LogP contribution >= 0.6 is 0 Å². The van der Waals surface area contributed by atoms with Gasteiger partial charge in [-0.2, -0.15) is 8.42 Å². The van der Waals surface area contributed by atoms with Crippen molar-refractivity contribution in [3.8, 4) is 0 Å². The van der Waals surface area contributed by atoms with Crippen molar-refractivity contribution in [2.45, 2.75) is 88.3 Å². The molecule has 0 bridgehead atoms. The van der Waals surface area contributed by atoms with Crippen LogP contribution in [0.25, 0.3) is 0 Å². The molecule has 1 aromatic carbocycles. The molecule has 1 aliphatic carbocycles. The number of carbonyl (C=O) groups excluding carboxylic acids is 3. The van der Waals surface area contributed by atoms with Crippen LogP contribution in [0.5, 0.6) is 0 Å². The van der Waals surface area contributed by atoms with E-state index in [1.807, 2.05) is 32.0 Å². The molecule has 1 unspecified atom stereocenters.